The van der Waals surface area contributed by atoms with E-state index in [1.165, 1.54) is 5.56 Å². The Kier molecular flexibility index (Phi) is 3.82. The predicted molar refractivity (Wildman–Crippen MR) is 105 cm³/mol. The highest BCUT2D eigenvalue weighted by Crippen LogP contribution is 2.47. The monoisotopic (exact) mass is 356 g/mol. The number of ether oxygens (including phenoxy) is 2. The zero-order valence-electron chi connectivity index (χ0n) is 15.1. The van der Waals surface area contributed by atoms with Crippen LogP contribution in [0.2, 0.25) is 0 Å². The fourth-order valence-electron chi connectivity index (χ4n) is 3.83. The SMILES string of the molecule is COc1ccc(C2=NN3[C@@H](c4ccccc4)Oc4ccccc4[C@@H]3C2)cc1. The summed E-state index contributed by atoms with van der Waals surface area (Å²) in [6.45, 7) is 0. The van der Waals surface area contributed by atoms with Gasteiger partial charge in [-0.05, 0) is 35.9 Å². The predicted octanol–water partition coefficient (Wildman–Crippen LogP) is 4.94. The molecule has 0 spiro atoms. The molecule has 5 rings (SSSR count). The topological polar surface area (TPSA) is 34.1 Å². The van der Waals surface area contributed by atoms with Gasteiger partial charge in [-0.2, -0.15) is 5.10 Å². The average Bonchev–Trinajstić information content (AvgIpc) is 3.19. The van der Waals surface area contributed by atoms with Crippen molar-refractivity contribution < 1.29 is 9.47 Å². The fraction of sp³-hybridized carbons (Fsp3) is 0.174. The lowest BCUT2D eigenvalue weighted by Crippen LogP contribution is -2.33. The van der Waals surface area contributed by atoms with Gasteiger partial charge in [-0.25, -0.2) is 5.01 Å². The summed E-state index contributed by atoms with van der Waals surface area (Å²) in [5, 5.41) is 7.09. The minimum Gasteiger partial charge on any atom is -0.497 e. The van der Waals surface area contributed by atoms with Crippen LogP contribution in [0.5, 0.6) is 11.5 Å². The van der Waals surface area contributed by atoms with Crippen molar-refractivity contribution in [3.8, 4) is 11.5 Å². The molecule has 0 bridgehead atoms. The van der Waals surface area contributed by atoms with Gasteiger partial charge in [0, 0.05) is 17.5 Å². The van der Waals surface area contributed by atoms with Gasteiger partial charge in [-0.3, -0.25) is 0 Å². The summed E-state index contributed by atoms with van der Waals surface area (Å²) < 4.78 is 11.6. The molecule has 2 aliphatic rings. The first-order valence-electron chi connectivity index (χ1n) is 9.14. The highest BCUT2D eigenvalue weighted by molar-refractivity contribution is 6.02. The van der Waals surface area contributed by atoms with E-state index in [0.29, 0.717) is 0 Å². The van der Waals surface area contributed by atoms with Crippen molar-refractivity contribution >= 4 is 5.71 Å². The summed E-state index contributed by atoms with van der Waals surface area (Å²) >= 11 is 0. The van der Waals surface area contributed by atoms with Crippen LogP contribution in [0.3, 0.4) is 0 Å². The van der Waals surface area contributed by atoms with E-state index in [1.54, 1.807) is 7.11 Å². The van der Waals surface area contributed by atoms with E-state index in [-0.39, 0.29) is 12.3 Å². The number of hydrogen-bond acceptors (Lipinski definition) is 4. The maximum atomic E-state index is 6.35. The van der Waals surface area contributed by atoms with Crippen molar-refractivity contribution in [1.29, 1.82) is 0 Å². The zero-order chi connectivity index (χ0) is 18.2. The van der Waals surface area contributed by atoms with Gasteiger partial charge in [0.05, 0.1) is 18.9 Å². The third-order valence-corrected chi connectivity index (χ3v) is 5.21. The molecule has 3 aromatic carbocycles. The first-order chi connectivity index (χ1) is 13.3. The first-order valence-corrected chi connectivity index (χ1v) is 9.14. The highest BCUT2D eigenvalue weighted by Gasteiger charge is 2.40. The Morgan fingerprint density at radius 3 is 2.44 bits per heavy atom. The van der Waals surface area contributed by atoms with Gasteiger partial charge >= 0.3 is 0 Å². The molecule has 0 unspecified atom stereocenters. The molecule has 0 amide bonds. The number of benzene rings is 3. The Morgan fingerprint density at radius 1 is 0.926 bits per heavy atom. The second-order valence-electron chi connectivity index (χ2n) is 6.79. The van der Waals surface area contributed by atoms with Crippen LogP contribution in [0.1, 0.15) is 35.4 Å². The molecule has 27 heavy (non-hydrogen) atoms. The van der Waals surface area contributed by atoms with Crippen molar-refractivity contribution in [3.05, 3.63) is 95.6 Å². The van der Waals surface area contributed by atoms with Gasteiger partial charge in [0.2, 0.25) is 6.23 Å². The summed E-state index contributed by atoms with van der Waals surface area (Å²) in [5.41, 5.74) is 4.49. The average molecular weight is 356 g/mol. The van der Waals surface area contributed by atoms with Crippen LogP contribution in [0.25, 0.3) is 0 Å². The van der Waals surface area contributed by atoms with Crippen LogP contribution in [-0.2, 0) is 0 Å². The number of hydrazone groups is 1. The maximum Gasteiger partial charge on any atom is 0.213 e. The molecular formula is C23H20N2O2. The lowest BCUT2D eigenvalue weighted by molar-refractivity contribution is -0.0190. The van der Waals surface area contributed by atoms with Gasteiger partial charge in [-0.15, -0.1) is 0 Å². The van der Waals surface area contributed by atoms with Crippen molar-refractivity contribution in [3.63, 3.8) is 0 Å². The lowest BCUT2D eigenvalue weighted by Gasteiger charge is -2.38. The summed E-state index contributed by atoms with van der Waals surface area (Å²) in [5.74, 6) is 1.80. The first kappa shape index (κ1) is 15.9. The molecular weight excluding hydrogens is 336 g/mol. The molecule has 2 aliphatic heterocycles. The van der Waals surface area contributed by atoms with E-state index in [1.807, 2.05) is 42.5 Å². The molecule has 0 saturated carbocycles. The Bertz CT molecular complexity index is 983. The molecule has 0 aliphatic carbocycles. The van der Waals surface area contributed by atoms with E-state index in [0.717, 1.165) is 34.8 Å². The zero-order valence-corrected chi connectivity index (χ0v) is 15.1. The van der Waals surface area contributed by atoms with Crippen LogP contribution in [0.15, 0.2) is 84.0 Å². The van der Waals surface area contributed by atoms with Crippen LogP contribution in [0, 0.1) is 0 Å². The van der Waals surface area contributed by atoms with E-state index in [4.69, 9.17) is 14.6 Å². The van der Waals surface area contributed by atoms with Crippen LogP contribution >= 0.6 is 0 Å². The number of methoxy groups -OCH3 is 1. The summed E-state index contributed by atoms with van der Waals surface area (Å²) in [4.78, 5) is 0. The molecule has 3 aromatic rings. The van der Waals surface area contributed by atoms with Gasteiger partial charge < -0.3 is 9.47 Å². The standard InChI is InChI=1S/C23H20N2O2/c1-26-18-13-11-16(12-14-18)20-15-21-19-9-5-6-10-22(19)27-23(25(21)24-20)17-7-3-2-4-8-17/h2-14,21,23H,15H2,1H3/t21-,23+/m0/s1. The van der Waals surface area contributed by atoms with Gasteiger partial charge in [-0.1, -0.05) is 48.5 Å². The van der Waals surface area contributed by atoms with E-state index >= 15 is 0 Å². The molecule has 4 nitrogen and oxygen atoms in total. The summed E-state index contributed by atoms with van der Waals surface area (Å²) in [7, 11) is 1.68. The van der Waals surface area contributed by atoms with Crippen LogP contribution in [-0.4, -0.2) is 17.8 Å². The van der Waals surface area contributed by atoms with Gasteiger partial charge in [0.1, 0.15) is 11.5 Å². The number of rotatable bonds is 3. The molecule has 0 saturated heterocycles. The third-order valence-electron chi connectivity index (χ3n) is 5.21. The summed E-state index contributed by atoms with van der Waals surface area (Å²) in [6, 6.07) is 26.8. The van der Waals surface area contributed by atoms with Crippen LogP contribution < -0.4 is 9.47 Å². The largest absolute Gasteiger partial charge is 0.497 e. The molecule has 2 heterocycles. The number of nitrogens with zero attached hydrogens (tertiary/aromatic N) is 2. The minimum absolute atomic E-state index is 0.178. The van der Waals surface area contributed by atoms with Crippen LogP contribution in [0.4, 0.5) is 0 Å². The molecule has 0 N–H and O–H groups in total. The highest BCUT2D eigenvalue weighted by atomic mass is 16.5. The van der Waals surface area contributed by atoms with Gasteiger partial charge in [0.25, 0.3) is 0 Å². The molecule has 0 radical (unpaired) electrons. The number of fused-ring (bicyclic) bond motifs is 3. The molecule has 134 valence electrons. The van der Waals surface area contributed by atoms with Crippen molar-refractivity contribution in [2.24, 2.45) is 5.10 Å². The van der Waals surface area contributed by atoms with Crippen molar-refractivity contribution in [2.45, 2.75) is 18.7 Å². The molecule has 4 heteroatoms. The van der Waals surface area contributed by atoms with Gasteiger partial charge in [0.15, 0.2) is 0 Å². The quantitative estimate of drug-likeness (QED) is 0.667. The number of para-hydroxylation sites is 1. The van der Waals surface area contributed by atoms with Crippen molar-refractivity contribution in [1.82, 2.24) is 5.01 Å². The molecule has 2 atom stereocenters. The van der Waals surface area contributed by atoms with Crippen molar-refractivity contribution in [2.75, 3.05) is 7.11 Å². The molecule has 0 fully saturated rings. The smallest absolute Gasteiger partial charge is 0.213 e. The maximum absolute atomic E-state index is 6.35. The van der Waals surface area contributed by atoms with E-state index in [2.05, 4.69) is 41.4 Å². The Hall–Kier alpha value is -3.27. The van der Waals surface area contributed by atoms with E-state index in [9.17, 15) is 0 Å². The third kappa shape index (κ3) is 2.74. The molecule has 0 aromatic heterocycles. The normalized spacial score (nSPS) is 20.3. The second-order valence-corrected chi connectivity index (χ2v) is 6.79. The lowest BCUT2D eigenvalue weighted by atomic mass is 9.96. The van der Waals surface area contributed by atoms with E-state index < -0.39 is 0 Å². The fourth-order valence-corrected chi connectivity index (χ4v) is 3.83. The number of hydrogen-bond donors (Lipinski definition) is 0. The second kappa shape index (κ2) is 6.47. The minimum atomic E-state index is -0.221. The summed E-state index contributed by atoms with van der Waals surface area (Å²) in [6.07, 6.45) is 0.637. The Labute approximate surface area is 158 Å². The Morgan fingerprint density at radius 2 is 1.67 bits per heavy atom. The Balaban J connectivity index is 1.56.